The number of anilines is 1. The van der Waals surface area contributed by atoms with E-state index >= 15 is 0 Å². The third-order valence-electron chi connectivity index (χ3n) is 3.98. The lowest BCUT2D eigenvalue weighted by Gasteiger charge is -2.02. The van der Waals surface area contributed by atoms with E-state index in [0.29, 0.717) is 17.9 Å². The molecule has 3 heterocycles. The number of carbonyl (C=O) groups excluding carboxylic acids is 1. The molecule has 0 saturated heterocycles. The van der Waals surface area contributed by atoms with Crippen molar-refractivity contribution in [2.45, 2.75) is 19.3 Å². The van der Waals surface area contributed by atoms with Gasteiger partial charge in [0.1, 0.15) is 6.26 Å². The van der Waals surface area contributed by atoms with Crippen molar-refractivity contribution in [3.8, 4) is 10.8 Å². The molecule has 0 atom stereocenters. The number of aryl methyl sites for hydroxylation is 1. The molecule has 0 fully saturated rings. The standard InChI is InChI=1S/C20H17N3O2S/c24-19(9-3-5-14-6-4-10-21-12-14)22-15-11-17(25-13-15)20-23-16-7-1-2-8-18(16)26-20/h1-2,4,6-8,10-13H,3,5,9H2,(H,22,24). The van der Waals surface area contributed by atoms with Crippen molar-refractivity contribution in [3.05, 3.63) is 66.7 Å². The van der Waals surface area contributed by atoms with Crippen molar-refractivity contribution in [1.29, 1.82) is 0 Å². The first-order valence-corrected chi connectivity index (χ1v) is 9.23. The van der Waals surface area contributed by atoms with E-state index in [1.54, 1.807) is 23.8 Å². The Bertz CT molecular complexity index is 991. The van der Waals surface area contributed by atoms with E-state index in [1.165, 1.54) is 0 Å². The van der Waals surface area contributed by atoms with Crippen LogP contribution in [0.3, 0.4) is 0 Å². The lowest BCUT2D eigenvalue weighted by atomic mass is 10.1. The van der Waals surface area contributed by atoms with Crippen LogP contribution in [0.4, 0.5) is 5.69 Å². The summed E-state index contributed by atoms with van der Waals surface area (Å²) in [6.07, 6.45) is 7.21. The Balaban J connectivity index is 1.35. The summed E-state index contributed by atoms with van der Waals surface area (Å²) in [5.74, 6) is 0.641. The first kappa shape index (κ1) is 16.5. The fourth-order valence-corrected chi connectivity index (χ4v) is 3.64. The van der Waals surface area contributed by atoms with Crippen LogP contribution in [0.1, 0.15) is 18.4 Å². The number of nitrogens with zero attached hydrogens (tertiary/aromatic N) is 2. The van der Waals surface area contributed by atoms with Gasteiger partial charge < -0.3 is 9.73 Å². The number of rotatable bonds is 6. The smallest absolute Gasteiger partial charge is 0.224 e. The van der Waals surface area contributed by atoms with E-state index in [9.17, 15) is 4.79 Å². The van der Waals surface area contributed by atoms with E-state index in [2.05, 4.69) is 15.3 Å². The van der Waals surface area contributed by atoms with Crippen LogP contribution in [0.15, 0.2) is 65.5 Å². The number of hydrogen-bond acceptors (Lipinski definition) is 5. The van der Waals surface area contributed by atoms with Crippen LogP contribution in [0.2, 0.25) is 0 Å². The van der Waals surface area contributed by atoms with Crippen LogP contribution in [0.5, 0.6) is 0 Å². The summed E-state index contributed by atoms with van der Waals surface area (Å²) in [7, 11) is 0. The van der Waals surface area contributed by atoms with Crippen molar-refractivity contribution in [2.24, 2.45) is 0 Å². The molecule has 1 aromatic carbocycles. The van der Waals surface area contributed by atoms with Crippen LogP contribution in [0.25, 0.3) is 21.0 Å². The van der Waals surface area contributed by atoms with Crippen molar-refractivity contribution < 1.29 is 9.21 Å². The number of amides is 1. The normalized spacial score (nSPS) is 10.9. The Kier molecular flexibility index (Phi) is 4.75. The maximum atomic E-state index is 12.1. The van der Waals surface area contributed by atoms with Crippen molar-refractivity contribution in [1.82, 2.24) is 9.97 Å². The minimum Gasteiger partial charge on any atom is -0.460 e. The van der Waals surface area contributed by atoms with Crippen LogP contribution in [-0.2, 0) is 11.2 Å². The van der Waals surface area contributed by atoms with Crippen molar-refractivity contribution in [3.63, 3.8) is 0 Å². The molecule has 0 bridgehead atoms. The number of furan rings is 1. The Morgan fingerprint density at radius 3 is 2.96 bits per heavy atom. The largest absolute Gasteiger partial charge is 0.460 e. The second-order valence-corrected chi connectivity index (χ2v) is 6.98. The fourth-order valence-electron chi connectivity index (χ4n) is 2.71. The molecule has 1 amide bonds. The second-order valence-electron chi connectivity index (χ2n) is 5.95. The molecule has 6 heteroatoms. The van der Waals surface area contributed by atoms with Crippen LogP contribution in [0, 0.1) is 0 Å². The van der Waals surface area contributed by atoms with E-state index < -0.39 is 0 Å². The zero-order valence-electron chi connectivity index (χ0n) is 14.0. The number of aromatic nitrogens is 2. The summed E-state index contributed by atoms with van der Waals surface area (Å²) in [5.41, 5.74) is 2.75. The summed E-state index contributed by atoms with van der Waals surface area (Å²) in [4.78, 5) is 20.8. The lowest BCUT2D eigenvalue weighted by Crippen LogP contribution is -2.10. The van der Waals surface area contributed by atoms with Crippen molar-refractivity contribution >= 4 is 33.1 Å². The van der Waals surface area contributed by atoms with Gasteiger partial charge in [0, 0.05) is 24.9 Å². The SMILES string of the molecule is O=C(CCCc1cccnc1)Nc1coc(-c2nc3ccccc3s2)c1. The van der Waals surface area contributed by atoms with Gasteiger partial charge in [0.15, 0.2) is 10.8 Å². The van der Waals surface area contributed by atoms with Gasteiger partial charge in [0.2, 0.25) is 5.91 Å². The van der Waals surface area contributed by atoms with E-state index in [0.717, 1.165) is 33.6 Å². The first-order valence-electron chi connectivity index (χ1n) is 8.41. The van der Waals surface area contributed by atoms with E-state index in [1.807, 2.05) is 48.7 Å². The van der Waals surface area contributed by atoms with Gasteiger partial charge in [-0.05, 0) is 36.6 Å². The molecule has 3 aromatic heterocycles. The Labute approximate surface area is 154 Å². The zero-order valence-corrected chi connectivity index (χ0v) is 14.8. The van der Waals surface area contributed by atoms with Gasteiger partial charge in [-0.15, -0.1) is 11.3 Å². The monoisotopic (exact) mass is 363 g/mol. The van der Waals surface area contributed by atoms with E-state index in [4.69, 9.17) is 4.42 Å². The molecule has 5 nitrogen and oxygen atoms in total. The average molecular weight is 363 g/mol. The molecule has 0 spiro atoms. The highest BCUT2D eigenvalue weighted by atomic mass is 32.1. The zero-order chi connectivity index (χ0) is 17.8. The molecule has 0 aliphatic rings. The molecule has 26 heavy (non-hydrogen) atoms. The molecule has 0 aliphatic carbocycles. The summed E-state index contributed by atoms with van der Waals surface area (Å²) in [5, 5.41) is 3.69. The highest BCUT2D eigenvalue weighted by Crippen LogP contribution is 2.32. The quantitative estimate of drug-likeness (QED) is 0.528. The third-order valence-corrected chi connectivity index (χ3v) is 5.03. The number of hydrogen-bond donors (Lipinski definition) is 1. The third kappa shape index (κ3) is 3.81. The van der Waals surface area contributed by atoms with Gasteiger partial charge in [-0.2, -0.15) is 0 Å². The molecule has 0 unspecified atom stereocenters. The summed E-state index contributed by atoms with van der Waals surface area (Å²) in [6.45, 7) is 0. The number of pyridine rings is 1. The molecule has 130 valence electrons. The van der Waals surface area contributed by atoms with E-state index in [-0.39, 0.29) is 5.91 Å². The lowest BCUT2D eigenvalue weighted by molar-refractivity contribution is -0.116. The highest BCUT2D eigenvalue weighted by Gasteiger charge is 2.12. The van der Waals surface area contributed by atoms with Gasteiger partial charge >= 0.3 is 0 Å². The number of benzene rings is 1. The van der Waals surface area contributed by atoms with Crippen LogP contribution >= 0.6 is 11.3 Å². The predicted molar refractivity (Wildman–Crippen MR) is 103 cm³/mol. The minimum absolute atomic E-state index is 0.0226. The molecule has 1 N–H and O–H groups in total. The Morgan fingerprint density at radius 1 is 1.19 bits per heavy atom. The van der Waals surface area contributed by atoms with Gasteiger partial charge in [0.05, 0.1) is 15.9 Å². The molecule has 4 rings (SSSR count). The predicted octanol–water partition coefficient (Wildman–Crippen LogP) is 4.91. The molecule has 0 saturated carbocycles. The summed E-state index contributed by atoms with van der Waals surface area (Å²) in [6, 6.07) is 13.7. The maximum Gasteiger partial charge on any atom is 0.224 e. The Hall–Kier alpha value is -2.99. The van der Waals surface area contributed by atoms with Gasteiger partial charge in [-0.25, -0.2) is 4.98 Å². The van der Waals surface area contributed by atoms with Crippen LogP contribution < -0.4 is 5.32 Å². The first-order chi connectivity index (χ1) is 12.8. The summed E-state index contributed by atoms with van der Waals surface area (Å²) >= 11 is 1.57. The molecule has 0 radical (unpaired) electrons. The molecular weight excluding hydrogens is 346 g/mol. The van der Waals surface area contributed by atoms with Gasteiger partial charge in [0.25, 0.3) is 0 Å². The van der Waals surface area contributed by atoms with Crippen molar-refractivity contribution in [2.75, 3.05) is 5.32 Å². The number of fused-ring (bicyclic) bond motifs is 1. The Morgan fingerprint density at radius 2 is 2.12 bits per heavy atom. The maximum absolute atomic E-state index is 12.1. The average Bonchev–Trinajstić information content (AvgIpc) is 3.29. The summed E-state index contributed by atoms with van der Waals surface area (Å²) < 4.78 is 6.69. The highest BCUT2D eigenvalue weighted by molar-refractivity contribution is 7.21. The molecule has 0 aliphatic heterocycles. The topological polar surface area (TPSA) is 68.0 Å². The minimum atomic E-state index is -0.0226. The molecular formula is C20H17N3O2S. The number of thiazole rings is 1. The number of para-hydroxylation sites is 1. The van der Waals surface area contributed by atoms with Crippen LogP contribution in [-0.4, -0.2) is 15.9 Å². The second kappa shape index (κ2) is 7.49. The van der Waals surface area contributed by atoms with Gasteiger partial charge in [-0.3, -0.25) is 9.78 Å². The molecule has 4 aromatic rings. The number of nitrogens with one attached hydrogen (secondary N) is 1. The number of carbonyl (C=O) groups is 1. The fraction of sp³-hybridized carbons (Fsp3) is 0.150. The van der Waals surface area contributed by atoms with Gasteiger partial charge in [-0.1, -0.05) is 18.2 Å².